The first-order valence-corrected chi connectivity index (χ1v) is 7.91. The normalized spacial score (nSPS) is 10.9. The van der Waals surface area contributed by atoms with E-state index in [9.17, 15) is 4.79 Å². The molecule has 0 atom stereocenters. The SMILES string of the molecule is O=C(Cn1nnc(-c2ccccc2)n1)N/N=C\c1ccc(Br)cc1. The zero-order chi connectivity index (χ0) is 16.8. The molecule has 3 aromatic rings. The zero-order valence-electron chi connectivity index (χ0n) is 12.5. The molecule has 0 unspecified atom stereocenters. The minimum Gasteiger partial charge on any atom is -0.271 e. The van der Waals surface area contributed by atoms with Crippen LogP contribution < -0.4 is 5.43 Å². The molecule has 0 bridgehead atoms. The van der Waals surface area contributed by atoms with Crippen LogP contribution in [0, 0.1) is 0 Å². The third-order valence-electron chi connectivity index (χ3n) is 3.04. The largest absolute Gasteiger partial charge is 0.271 e. The summed E-state index contributed by atoms with van der Waals surface area (Å²) in [7, 11) is 0. The number of hydrogen-bond acceptors (Lipinski definition) is 5. The highest BCUT2D eigenvalue weighted by Gasteiger charge is 2.08. The first kappa shape index (κ1) is 16.0. The minimum absolute atomic E-state index is 0.0580. The smallest absolute Gasteiger partial charge is 0.263 e. The van der Waals surface area contributed by atoms with Gasteiger partial charge in [-0.2, -0.15) is 9.90 Å². The van der Waals surface area contributed by atoms with Crippen LogP contribution in [0.25, 0.3) is 11.4 Å². The van der Waals surface area contributed by atoms with E-state index in [1.165, 1.54) is 4.80 Å². The Balaban J connectivity index is 1.55. The van der Waals surface area contributed by atoms with Crippen LogP contribution in [0.15, 0.2) is 64.2 Å². The van der Waals surface area contributed by atoms with Crippen LogP contribution in [0.1, 0.15) is 5.56 Å². The summed E-state index contributed by atoms with van der Waals surface area (Å²) >= 11 is 3.36. The molecule has 0 aliphatic heterocycles. The molecule has 0 aliphatic carbocycles. The van der Waals surface area contributed by atoms with Gasteiger partial charge in [-0.3, -0.25) is 4.79 Å². The fourth-order valence-corrected chi connectivity index (χ4v) is 2.17. The Kier molecular flexibility index (Phi) is 5.07. The number of tetrazole rings is 1. The molecule has 1 aromatic heterocycles. The lowest BCUT2D eigenvalue weighted by Gasteiger charge is -1.98. The van der Waals surface area contributed by atoms with Crippen LogP contribution in [0.3, 0.4) is 0 Å². The van der Waals surface area contributed by atoms with Crippen LogP contribution in [0.5, 0.6) is 0 Å². The van der Waals surface area contributed by atoms with Crippen LogP contribution in [0.4, 0.5) is 0 Å². The molecule has 0 saturated heterocycles. The number of rotatable bonds is 5. The van der Waals surface area contributed by atoms with Crippen molar-refractivity contribution in [2.45, 2.75) is 6.54 Å². The monoisotopic (exact) mass is 384 g/mol. The lowest BCUT2D eigenvalue weighted by atomic mass is 10.2. The van der Waals surface area contributed by atoms with Gasteiger partial charge < -0.3 is 0 Å². The molecule has 24 heavy (non-hydrogen) atoms. The molecule has 1 amide bonds. The van der Waals surface area contributed by atoms with Crippen LogP contribution in [-0.4, -0.2) is 32.3 Å². The quantitative estimate of drug-likeness (QED) is 0.539. The predicted molar refractivity (Wildman–Crippen MR) is 93.1 cm³/mol. The van der Waals surface area contributed by atoms with Gasteiger partial charge in [0.1, 0.15) is 6.54 Å². The van der Waals surface area contributed by atoms with Crippen molar-refractivity contribution in [3.05, 3.63) is 64.6 Å². The molecule has 1 heterocycles. The Bertz CT molecular complexity index is 845. The highest BCUT2D eigenvalue weighted by molar-refractivity contribution is 9.10. The second kappa shape index (κ2) is 7.60. The summed E-state index contributed by atoms with van der Waals surface area (Å²) in [6.45, 7) is -0.0580. The van der Waals surface area contributed by atoms with Gasteiger partial charge in [-0.05, 0) is 22.9 Å². The molecule has 0 saturated carbocycles. The maximum atomic E-state index is 11.8. The van der Waals surface area contributed by atoms with Crippen molar-refractivity contribution in [1.82, 2.24) is 25.6 Å². The van der Waals surface area contributed by atoms with Crippen LogP contribution in [0.2, 0.25) is 0 Å². The van der Waals surface area contributed by atoms with Crippen molar-refractivity contribution in [3.8, 4) is 11.4 Å². The first-order valence-electron chi connectivity index (χ1n) is 7.11. The van der Waals surface area contributed by atoms with Gasteiger partial charge in [0.15, 0.2) is 0 Å². The van der Waals surface area contributed by atoms with Crippen molar-refractivity contribution in [2.24, 2.45) is 5.10 Å². The van der Waals surface area contributed by atoms with Gasteiger partial charge in [-0.1, -0.05) is 58.4 Å². The number of halogens is 1. The average Bonchev–Trinajstić information content (AvgIpc) is 3.06. The molecule has 0 spiro atoms. The number of aromatic nitrogens is 4. The summed E-state index contributed by atoms with van der Waals surface area (Å²) in [5.41, 5.74) is 4.16. The van der Waals surface area contributed by atoms with Gasteiger partial charge in [0.05, 0.1) is 6.21 Å². The summed E-state index contributed by atoms with van der Waals surface area (Å²) in [6.07, 6.45) is 1.56. The molecule has 0 fully saturated rings. The van der Waals surface area contributed by atoms with E-state index in [1.54, 1.807) is 6.21 Å². The van der Waals surface area contributed by atoms with Gasteiger partial charge in [0, 0.05) is 10.0 Å². The molecule has 8 heteroatoms. The minimum atomic E-state index is -0.333. The third kappa shape index (κ3) is 4.32. The fraction of sp³-hybridized carbons (Fsp3) is 0.0625. The molecule has 1 N–H and O–H groups in total. The van der Waals surface area contributed by atoms with Gasteiger partial charge in [0.2, 0.25) is 5.82 Å². The third-order valence-corrected chi connectivity index (χ3v) is 3.57. The predicted octanol–water partition coefficient (Wildman–Crippen LogP) is 2.25. The summed E-state index contributed by atoms with van der Waals surface area (Å²) in [5.74, 6) is 0.141. The van der Waals surface area contributed by atoms with E-state index in [-0.39, 0.29) is 12.5 Å². The number of hydrazone groups is 1. The van der Waals surface area contributed by atoms with Gasteiger partial charge in [-0.15, -0.1) is 10.2 Å². The molecular formula is C16H13BrN6O. The Labute approximate surface area is 146 Å². The maximum Gasteiger partial charge on any atom is 0.263 e. The lowest BCUT2D eigenvalue weighted by Crippen LogP contribution is -2.24. The summed E-state index contributed by atoms with van der Waals surface area (Å²) in [6, 6.07) is 17.0. The molecule has 120 valence electrons. The van der Waals surface area contributed by atoms with E-state index in [1.807, 2.05) is 54.6 Å². The molecule has 2 aromatic carbocycles. The van der Waals surface area contributed by atoms with Crippen molar-refractivity contribution in [1.29, 1.82) is 0 Å². The standard InChI is InChI=1S/C16H13BrN6O/c17-14-8-6-12(7-9-14)10-18-19-15(24)11-23-21-16(20-22-23)13-4-2-1-3-5-13/h1-10H,11H2,(H,19,24)/b18-10-. The zero-order valence-corrected chi connectivity index (χ0v) is 14.1. The summed E-state index contributed by atoms with van der Waals surface area (Å²) in [4.78, 5) is 13.1. The van der Waals surface area contributed by atoms with E-state index in [0.717, 1.165) is 15.6 Å². The fourth-order valence-electron chi connectivity index (χ4n) is 1.90. The van der Waals surface area contributed by atoms with Gasteiger partial charge >= 0.3 is 0 Å². The number of amides is 1. The molecule has 3 rings (SSSR count). The number of benzene rings is 2. The second-order valence-electron chi connectivity index (χ2n) is 4.85. The average molecular weight is 385 g/mol. The van der Waals surface area contributed by atoms with Crippen molar-refractivity contribution in [2.75, 3.05) is 0 Å². The lowest BCUT2D eigenvalue weighted by molar-refractivity contribution is -0.122. The van der Waals surface area contributed by atoms with Crippen molar-refractivity contribution >= 4 is 28.1 Å². The van der Waals surface area contributed by atoms with E-state index in [0.29, 0.717) is 5.82 Å². The number of carbonyl (C=O) groups is 1. The summed E-state index contributed by atoms with van der Waals surface area (Å²) in [5, 5.41) is 15.9. The van der Waals surface area contributed by atoms with Crippen molar-refractivity contribution in [3.63, 3.8) is 0 Å². The Morgan fingerprint density at radius 1 is 1.17 bits per heavy atom. The number of nitrogens with one attached hydrogen (secondary N) is 1. The Hall–Kier alpha value is -2.87. The van der Waals surface area contributed by atoms with E-state index >= 15 is 0 Å². The molecule has 0 aliphatic rings. The Morgan fingerprint density at radius 2 is 1.92 bits per heavy atom. The van der Waals surface area contributed by atoms with Gasteiger partial charge in [0.25, 0.3) is 5.91 Å². The van der Waals surface area contributed by atoms with Crippen LogP contribution >= 0.6 is 15.9 Å². The Morgan fingerprint density at radius 3 is 2.67 bits per heavy atom. The highest BCUT2D eigenvalue weighted by atomic mass is 79.9. The highest BCUT2D eigenvalue weighted by Crippen LogP contribution is 2.11. The van der Waals surface area contributed by atoms with E-state index in [2.05, 4.69) is 41.9 Å². The maximum absolute atomic E-state index is 11.8. The number of hydrogen-bond donors (Lipinski definition) is 1. The number of nitrogens with zero attached hydrogens (tertiary/aromatic N) is 5. The van der Waals surface area contributed by atoms with E-state index in [4.69, 9.17) is 0 Å². The van der Waals surface area contributed by atoms with Crippen LogP contribution in [-0.2, 0) is 11.3 Å². The van der Waals surface area contributed by atoms with E-state index < -0.39 is 0 Å². The molecular weight excluding hydrogens is 372 g/mol. The topological polar surface area (TPSA) is 85.1 Å². The second-order valence-corrected chi connectivity index (χ2v) is 5.77. The number of carbonyl (C=O) groups excluding carboxylic acids is 1. The molecule has 7 nitrogen and oxygen atoms in total. The van der Waals surface area contributed by atoms with Crippen molar-refractivity contribution < 1.29 is 4.79 Å². The molecule has 0 radical (unpaired) electrons. The van der Waals surface area contributed by atoms with Gasteiger partial charge in [-0.25, -0.2) is 5.43 Å². The first-order chi connectivity index (χ1) is 11.7. The summed E-state index contributed by atoms with van der Waals surface area (Å²) < 4.78 is 0.982.